The van der Waals surface area contributed by atoms with Gasteiger partial charge in [-0.1, -0.05) is 26.2 Å². The lowest BCUT2D eigenvalue weighted by atomic mass is 9.79. The van der Waals surface area contributed by atoms with E-state index in [-0.39, 0.29) is 23.3 Å². The molecule has 2 rings (SSSR count). The zero-order chi connectivity index (χ0) is 15.2. The predicted octanol–water partition coefficient (Wildman–Crippen LogP) is 4.47. The number of rotatable bonds is 5. The quantitative estimate of drug-likeness (QED) is 0.787. The molecule has 1 amide bonds. The summed E-state index contributed by atoms with van der Waals surface area (Å²) in [5.74, 6) is -0.106. The fourth-order valence-corrected chi connectivity index (χ4v) is 3.05. The maximum atomic E-state index is 13.6. The number of unbranched alkanes of at least 4 members (excludes halogenated alkanes) is 1. The van der Waals surface area contributed by atoms with Crippen LogP contribution in [0.15, 0.2) is 18.2 Å². The van der Waals surface area contributed by atoms with Gasteiger partial charge in [0.2, 0.25) is 5.91 Å². The summed E-state index contributed by atoms with van der Waals surface area (Å²) in [5, 5.41) is 11.8. The molecule has 0 radical (unpaired) electrons. The van der Waals surface area contributed by atoms with Crippen LogP contribution in [0.4, 0.5) is 10.1 Å². The Morgan fingerprint density at radius 3 is 2.67 bits per heavy atom. The van der Waals surface area contributed by atoms with E-state index in [0.717, 1.165) is 37.7 Å². The van der Waals surface area contributed by atoms with Gasteiger partial charge in [0.25, 0.3) is 0 Å². The van der Waals surface area contributed by atoms with Gasteiger partial charge in [-0.3, -0.25) is 4.79 Å². The van der Waals surface area contributed by atoms with Crippen LogP contribution in [0.1, 0.15) is 51.9 Å². The van der Waals surface area contributed by atoms with Gasteiger partial charge in [0, 0.05) is 12.0 Å². The number of hydrogen-bond acceptors (Lipinski definition) is 2. The number of nitrogens with one attached hydrogen (secondary N) is 1. The van der Waals surface area contributed by atoms with Crippen molar-refractivity contribution in [3.05, 3.63) is 24.0 Å². The maximum Gasteiger partial charge on any atom is 0.227 e. The number of aromatic hydroxyl groups is 1. The van der Waals surface area contributed by atoms with E-state index in [2.05, 4.69) is 12.2 Å². The summed E-state index contributed by atoms with van der Waals surface area (Å²) in [7, 11) is 0. The summed E-state index contributed by atoms with van der Waals surface area (Å²) in [6, 6.07) is 3.78. The monoisotopic (exact) mass is 293 g/mol. The Bertz CT molecular complexity index is 482. The molecule has 1 aromatic carbocycles. The summed E-state index contributed by atoms with van der Waals surface area (Å²) in [6.45, 7) is 2.20. The standard InChI is InChI=1S/C17H24FNO2/c1-2-3-4-12-5-7-13(8-6-12)17(21)19-16-10-9-14(20)11-15(16)18/h9-13,20H,2-8H2,1H3,(H,19,21). The number of anilines is 1. The summed E-state index contributed by atoms with van der Waals surface area (Å²) in [6.07, 6.45) is 7.71. The van der Waals surface area contributed by atoms with Gasteiger partial charge in [0.15, 0.2) is 0 Å². The fraction of sp³-hybridized carbons (Fsp3) is 0.588. The van der Waals surface area contributed by atoms with Crippen molar-refractivity contribution in [2.75, 3.05) is 5.32 Å². The first-order valence-electron chi connectivity index (χ1n) is 7.89. The summed E-state index contributed by atoms with van der Waals surface area (Å²) >= 11 is 0. The lowest BCUT2D eigenvalue weighted by Gasteiger charge is -2.27. The van der Waals surface area contributed by atoms with E-state index in [9.17, 15) is 9.18 Å². The highest BCUT2D eigenvalue weighted by Gasteiger charge is 2.26. The smallest absolute Gasteiger partial charge is 0.227 e. The second-order valence-electron chi connectivity index (χ2n) is 6.01. The van der Waals surface area contributed by atoms with Crippen LogP contribution in [-0.2, 0) is 4.79 Å². The van der Waals surface area contributed by atoms with E-state index in [0.29, 0.717) is 0 Å². The van der Waals surface area contributed by atoms with Crippen molar-refractivity contribution in [3.8, 4) is 5.75 Å². The van der Waals surface area contributed by atoms with E-state index in [1.807, 2.05) is 0 Å². The van der Waals surface area contributed by atoms with Gasteiger partial charge in [-0.2, -0.15) is 0 Å². The molecule has 21 heavy (non-hydrogen) atoms. The number of benzene rings is 1. The molecule has 0 bridgehead atoms. The Balaban J connectivity index is 1.84. The molecule has 4 heteroatoms. The Hall–Kier alpha value is -1.58. The number of phenolic OH excluding ortho intramolecular Hbond substituents is 1. The molecule has 0 heterocycles. The number of phenols is 1. The fourth-order valence-electron chi connectivity index (χ4n) is 3.05. The predicted molar refractivity (Wildman–Crippen MR) is 81.7 cm³/mol. The van der Waals surface area contributed by atoms with Gasteiger partial charge in [0.05, 0.1) is 5.69 Å². The van der Waals surface area contributed by atoms with Crippen LogP contribution in [-0.4, -0.2) is 11.0 Å². The minimum absolute atomic E-state index is 0.0175. The minimum Gasteiger partial charge on any atom is -0.508 e. The third kappa shape index (κ3) is 4.45. The molecule has 0 spiro atoms. The highest BCUT2D eigenvalue weighted by molar-refractivity contribution is 5.92. The molecule has 2 N–H and O–H groups in total. The highest BCUT2D eigenvalue weighted by Crippen LogP contribution is 2.32. The van der Waals surface area contributed by atoms with Gasteiger partial charge in [-0.15, -0.1) is 0 Å². The number of carbonyl (C=O) groups is 1. The molecule has 0 unspecified atom stereocenters. The molecule has 0 atom stereocenters. The van der Waals surface area contributed by atoms with Crippen molar-refractivity contribution in [3.63, 3.8) is 0 Å². The molecule has 116 valence electrons. The third-order valence-electron chi connectivity index (χ3n) is 4.39. The molecular formula is C17H24FNO2. The van der Waals surface area contributed by atoms with Crippen LogP contribution in [0, 0.1) is 17.7 Å². The lowest BCUT2D eigenvalue weighted by molar-refractivity contribution is -0.121. The molecule has 1 aliphatic rings. The molecule has 0 aromatic heterocycles. The van der Waals surface area contributed by atoms with E-state index in [4.69, 9.17) is 5.11 Å². The number of hydrogen-bond donors (Lipinski definition) is 2. The summed E-state index contributed by atoms with van der Waals surface area (Å²) in [4.78, 5) is 12.2. The van der Waals surface area contributed by atoms with Crippen molar-refractivity contribution in [2.45, 2.75) is 51.9 Å². The molecule has 3 nitrogen and oxygen atoms in total. The maximum absolute atomic E-state index is 13.6. The summed E-state index contributed by atoms with van der Waals surface area (Å²) in [5.41, 5.74) is 0.144. The van der Waals surface area contributed by atoms with E-state index >= 15 is 0 Å². The van der Waals surface area contributed by atoms with Gasteiger partial charge in [-0.05, 0) is 43.7 Å². The topological polar surface area (TPSA) is 49.3 Å². The molecule has 0 saturated heterocycles. The summed E-state index contributed by atoms with van der Waals surface area (Å²) < 4.78 is 13.6. The zero-order valence-corrected chi connectivity index (χ0v) is 12.6. The molecule has 1 saturated carbocycles. The van der Waals surface area contributed by atoms with Gasteiger partial charge in [0.1, 0.15) is 11.6 Å². The van der Waals surface area contributed by atoms with Crippen LogP contribution < -0.4 is 5.32 Å². The van der Waals surface area contributed by atoms with E-state index in [1.54, 1.807) is 0 Å². The van der Waals surface area contributed by atoms with Crippen LogP contribution in [0.5, 0.6) is 5.75 Å². The van der Waals surface area contributed by atoms with Crippen LogP contribution in [0.2, 0.25) is 0 Å². The lowest BCUT2D eigenvalue weighted by Crippen LogP contribution is -2.27. The normalized spacial score (nSPS) is 22.0. The SMILES string of the molecule is CCCCC1CCC(C(=O)Nc2ccc(O)cc2F)CC1. The van der Waals surface area contributed by atoms with Crippen molar-refractivity contribution in [2.24, 2.45) is 11.8 Å². The molecular weight excluding hydrogens is 269 g/mol. The number of halogens is 1. The van der Waals surface area contributed by atoms with E-state index in [1.165, 1.54) is 31.4 Å². The number of carbonyl (C=O) groups excluding carboxylic acids is 1. The average molecular weight is 293 g/mol. The van der Waals surface area contributed by atoms with Crippen molar-refractivity contribution in [1.82, 2.24) is 0 Å². The first kappa shape index (κ1) is 15.8. The van der Waals surface area contributed by atoms with Gasteiger partial charge < -0.3 is 10.4 Å². The van der Waals surface area contributed by atoms with Crippen LogP contribution in [0.3, 0.4) is 0 Å². The molecule has 1 aliphatic carbocycles. The first-order valence-corrected chi connectivity index (χ1v) is 7.89. The second-order valence-corrected chi connectivity index (χ2v) is 6.01. The Morgan fingerprint density at radius 2 is 2.05 bits per heavy atom. The first-order chi connectivity index (χ1) is 10.1. The molecule has 0 aliphatic heterocycles. The third-order valence-corrected chi connectivity index (χ3v) is 4.39. The molecule has 1 fully saturated rings. The van der Waals surface area contributed by atoms with Crippen molar-refractivity contribution >= 4 is 11.6 Å². The van der Waals surface area contributed by atoms with Crippen molar-refractivity contribution in [1.29, 1.82) is 0 Å². The minimum atomic E-state index is -0.597. The van der Waals surface area contributed by atoms with Gasteiger partial charge >= 0.3 is 0 Å². The largest absolute Gasteiger partial charge is 0.508 e. The number of amides is 1. The van der Waals surface area contributed by atoms with Gasteiger partial charge in [-0.25, -0.2) is 4.39 Å². The van der Waals surface area contributed by atoms with E-state index < -0.39 is 5.82 Å². The van der Waals surface area contributed by atoms with Crippen LogP contribution >= 0.6 is 0 Å². The van der Waals surface area contributed by atoms with Crippen molar-refractivity contribution < 1.29 is 14.3 Å². The van der Waals surface area contributed by atoms with Crippen LogP contribution in [0.25, 0.3) is 0 Å². The zero-order valence-electron chi connectivity index (χ0n) is 12.6. The molecule has 1 aromatic rings. The Morgan fingerprint density at radius 1 is 1.33 bits per heavy atom. The second kappa shape index (κ2) is 7.43. The Labute approximate surface area is 125 Å². The average Bonchev–Trinajstić information content (AvgIpc) is 2.48. The highest BCUT2D eigenvalue weighted by atomic mass is 19.1. The Kier molecular flexibility index (Phi) is 5.59.